The van der Waals surface area contributed by atoms with Crippen LogP contribution in [0.5, 0.6) is 0 Å². The van der Waals surface area contributed by atoms with E-state index in [-0.39, 0.29) is 11.2 Å². The van der Waals surface area contributed by atoms with Crippen molar-refractivity contribution in [1.82, 2.24) is 0 Å². The largest absolute Gasteiger partial charge is 0.294 e. The molecule has 0 bridgehead atoms. The van der Waals surface area contributed by atoms with Crippen LogP contribution in [0, 0.1) is 0 Å². The molecule has 3 heteroatoms. The molecule has 0 fully saturated rings. The summed E-state index contributed by atoms with van der Waals surface area (Å²) in [6.45, 7) is 3.80. The zero-order valence-corrected chi connectivity index (χ0v) is 11.9. The summed E-state index contributed by atoms with van der Waals surface area (Å²) in [5.41, 5.74) is 0.764. The van der Waals surface area contributed by atoms with Crippen LogP contribution in [0.25, 0.3) is 0 Å². The molecule has 16 heavy (non-hydrogen) atoms. The van der Waals surface area contributed by atoms with Crippen LogP contribution in [0.15, 0.2) is 40.5 Å². The van der Waals surface area contributed by atoms with Crippen molar-refractivity contribution in [3.8, 4) is 0 Å². The van der Waals surface area contributed by atoms with Gasteiger partial charge in [-0.15, -0.1) is 11.6 Å². The molecule has 0 aliphatic carbocycles. The molecule has 86 valence electrons. The molecule has 0 saturated heterocycles. The molecule has 1 rings (SSSR count). The van der Waals surface area contributed by atoms with Crippen molar-refractivity contribution in [3.63, 3.8) is 0 Å². The smallest absolute Gasteiger partial charge is 0.162 e. The maximum Gasteiger partial charge on any atom is 0.162 e. The van der Waals surface area contributed by atoms with Gasteiger partial charge in [0.2, 0.25) is 0 Å². The lowest BCUT2D eigenvalue weighted by atomic mass is 10.0. The number of ketones is 1. The zero-order chi connectivity index (χ0) is 12.0. The number of hydrogen-bond acceptors (Lipinski definition) is 1. The topological polar surface area (TPSA) is 17.1 Å². The van der Waals surface area contributed by atoms with Crippen LogP contribution in [-0.2, 0) is 0 Å². The van der Waals surface area contributed by atoms with Crippen LogP contribution in [0.2, 0.25) is 0 Å². The molecule has 0 amide bonds. The first kappa shape index (κ1) is 13.7. The first-order valence-electron chi connectivity index (χ1n) is 5.15. The number of benzene rings is 1. The number of rotatable bonds is 6. The van der Waals surface area contributed by atoms with Crippen molar-refractivity contribution in [2.75, 3.05) is 0 Å². The third-order valence-corrected chi connectivity index (χ3v) is 3.04. The Hall–Kier alpha value is -0.350. The van der Waals surface area contributed by atoms with Gasteiger partial charge in [0.25, 0.3) is 0 Å². The molecule has 0 N–H and O–H groups in total. The van der Waals surface area contributed by atoms with E-state index in [9.17, 15) is 4.79 Å². The fourth-order valence-corrected chi connectivity index (χ4v) is 2.49. The molecule has 0 aliphatic heterocycles. The van der Waals surface area contributed by atoms with Gasteiger partial charge in [0.05, 0.1) is 0 Å². The summed E-state index contributed by atoms with van der Waals surface area (Å²) in [4.78, 5) is 11.8. The van der Waals surface area contributed by atoms with Crippen LogP contribution >= 0.6 is 34.2 Å². The van der Waals surface area contributed by atoms with Crippen LogP contribution in [0.4, 0.5) is 0 Å². The Labute approximate surface area is 115 Å². The van der Waals surface area contributed by atoms with Crippen molar-refractivity contribution >= 4 is 40.0 Å². The zero-order valence-electron chi connectivity index (χ0n) is 8.96. The maximum atomic E-state index is 11.8. The van der Waals surface area contributed by atoms with Gasteiger partial charge in [-0.05, 0) is 39.0 Å². The number of halogens is 2. The highest BCUT2D eigenvalue weighted by Gasteiger charge is 2.10. The highest BCUT2D eigenvalue weighted by atomic mass is 127. The van der Waals surface area contributed by atoms with Crippen LogP contribution < -0.4 is 0 Å². The Morgan fingerprint density at radius 2 is 2.00 bits per heavy atom. The molecular formula is C13H14ClIO. The predicted molar refractivity (Wildman–Crippen MR) is 77.4 cm³/mol. The first-order chi connectivity index (χ1) is 7.59. The quantitative estimate of drug-likeness (QED) is 0.417. The third-order valence-electron chi connectivity index (χ3n) is 2.22. The summed E-state index contributed by atoms with van der Waals surface area (Å²) in [5.74, 6) is 0.158. The van der Waals surface area contributed by atoms with Gasteiger partial charge < -0.3 is 0 Å². The molecule has 1 aromatic rings. The average Bonchev–Trinajstić information content (AvgIpc) is 2.26. The van der Waals surface area contributed by atoms with Crippen LogP contribution in [0.1, 0.15) is 29.6 Å². The molecule has 0 spiro atoms. The van der Waals surface area contributed by atoms with Crippen molar-refractivity contribution in [3.05, 3.63) is 46.1 Å². The van der Waals surface area contributed by atoms with Crippen molar-refractivity contribution in [1.29, 1.82) is 0 Å². The van der Waals surface area contributed by atoms with Gasteiger partial charge in [-0.2, -0.15) is 0 Å². The minimum absolute atomic E-state index is 0.0112. The molecule has 0 heterocycles. The molecule has 1 nitrogen and oxygen atoms in total. The van der Waals surface area contributed by atoms with Gasteiger partial charge >= 0.3 is 0 Å². The van der Waals surface area contributed by atoms with E-state index >= 15 is 0 Å². The van der Waals surface area contributed by atoms with E-state index in [1.807, 2.05) is 30.3 Å². The molecule has 1 unspecified atom stereocenters. The van der Waals surface area contributed by atoms with E-state index in [0.29, 0.717) is 12.8 Å². The average molecular weight is 349 g/mol. The second kappa shape index (κ2) is 7.07. The normalized spacial score (nSPS) is 12.1. The van der Waals surface area contributed by atoms with E-state index in [0.717, 1.165) is 15.6 Å². The Morgan fingerprint density at radius 3 is 2.56 bits per heavy atom. The Bertz CT molecular complexity index is 361. The molecular weight excluding hydrogens is 334 g/mol. The van der Waals surface area contributed by atoms with E-state index in [1.54, 1.807) is 0 Å². The van der Waals surface area contributed by atoms with Crippen molar-refractivity contribution < 1.29 is 4.79 Å². The van der Waals surface area contributed by atoms with Gasteiger partial charge in [0.15, 0.2) is 5.78 Å². The summed E-state index contributed by atoms with van der Waals surface area (Å²) in [6.07, 6.45) is 1.98. The lowest BCUT2D eigenvalue weighted by molar-refractivity contribution is 0.0979. The third kappa shape index (κ3) is 5.12. The molecule has 0 radical (unpaired) electrons. The highest BCUT2D eigenvalue weighted by Crippen LogP contribution is 2.19. The van der Waals surface area contributed by atoms with E-state index < -0.39 is 0 Å². The van der Waals surface area contributed by atoms with E-state index in [1.165, 1.54) is 0 Å². The second-order valence-electron chi connectivity index (χ2n) is 3.65. The Balaban J connectivity index is 2.39. The van der Waals surface area contributed by atoms with Gasteiger partial charge in [0, 0.05) is 17.4 Å². The minimum Gasteiger partial charge on any atom is -0.294 e. The highest BCUT2D eigenvalue weighted by molar-refractivity contribution is 14.1. The Morgan fingerprint density at radius 1 is 1.38 bits per heavy atom. The molecule has 0 aromatic heterocycles. The van der Waals surface area contributed by atoms with Crippen LogP contribution in [0.3, 0.4) is 0 Å². The molecule has 1 aromatic carbocycles. The number of hydrogen-bond donors (Lipinski definition) is 0. The van der Waals surface area contributed by atoms with Gasteiger partial charge in [-0.25, -0.2) is 0 Å². The molecule has 0 aliphatic rings. The number of allylic oxidation sites excluding steroid dienone is 1. The van der Waals surface area contributed by atoms with E-state index in [4.69, 9.17) is 11.6 Å². The van der Waals surface area contributed by atoms with Crippen molar-refractivity contribution in [2.45, 2.75) is 24.6 Å². The summed E-state index contributed by atoms with van der Waals surface area (Å²) >= 11 is 8.25. The number of carbonyl (C=O) groups excluding carboxylic acids is 1. The fourth-order valence-electron chi connectivity index (χ4n) is 1.40. The second-order valence-corrected chi connectivity index (χ2v) is 5.79. The number of Topliss-reactive ketones (excluding diaryl/α,β-unsaturated/α-hetero) is 1. The molecule has 1 atom stereocenters. The first-order valence-corrected chi connectivity index (χ1v) is 6.66. The summed E-state index contributed by atoms with van der Waals surface area (Å²) in [7, 11) is 0. The summed E-state index contributed by atoms with van der Waals surface area (Å²) < 4.78 is 1.03. The fraction of sp³-hybridized carbons (Fsp3) is 0.308. The summed E-state index contributed by atoms with van der Waals surface area (Å²) in [5, 5.41) is 0.0112. The van der Waals surface area contributed by atoms with Gasteiger partial charge in [0.1, 0.15) is 0 Å². The number of carbonyl (C=O) groups is 1. The minimum atomic E-state index is 0.0112. The molecule has 0 saturated carbocycles. The lowest BCUT2D eigenvalue weighted by Crippen LogP contribution is -2.04. The van der Waals surface area contributed by atoms with Crippen molar-refractivity contribution in [2.24, 2.45) is 0 Å². The SMILES string of the molecule is C=C(I)CC(Cl)CCC(=O)c1ccccc1. The lowest BCUT2D eigenvalue weighted by Gasteiger charge is -2.07. The maximum absolute atomic E-state index is 11.8. The van der Waals surface area contributed by atoms with Gasteiger partial charge in [-0.3, -0.25) is 4.79 Å². The Kier molecular flexibility index (Phi) is 6.06. The van der Waals surface area contributed by atoms with Crippen LogP contribution in [-0.4, -0.2) is 11.2 Å². The standard InChI is InChI=1S/C13H14ClIO/c1-10(15)9-12(14)7-8-13(16)11-5-3-2-4-6-11/h2-6,12H,1,7-9H2. The predicted octanol–water partition coefficient (Wildman–Crippen LogP) is 4.60. The van der Waals surface area contributed by atoms with Gasteiger partial charge in [-0.1, -0.05) is 36.9 Å². The number of alkyl halides is 1. The van der Waals surface area contributed by atoms with E-state index in [2.05, 4.69) is 29.2 Å². The summed E-state index contributed by atoms with van der Waals surface area (Å²) in [6, 6.07) is 9.32. The monoisotopic (exact) mass is 348 g/mol.